The maximum atomic E-state index is 12.7. The quantitative estimate of drug-likeness (QED) is 0.939. The van der Waals surface area contributed by atoms with Gasteiger partial charge in [-0.25, -0.2) is 4.98 Å². The second-order valence-electron chi connectivity index (χ2n) is 6.06. The van der Waals surface area contributed by atoms with E-state index in [1.807, 2.05) is 38.8 Å². The summed E-state index contributed by atoms with van der Waals surface area (Å²) in [4.78, 5) is 24.5. The maximum Gasteiger partial charge on any atom is 0.265 e. The number of aryl methyl sites for hydroxylation is 3. The Kier molecular flexibility index (Phi) is 4.35. The van der Waals surface area contributed by atoms with E-state index < -0.39 is 0 Å². The summed E-state index contributed by atoms with van der Waals surface area (Å²) in [6, 6.07) is 4.12. The van der Waals surface area contributed by atoms with E-state index in [0.29, 0.717) is 5.92 Å². The number of likely N-dealkylation sites (tertiary alicyclic amines) is 1. The Morgan fingerprint density at radius 3 is 2.74 bits per heavy atom. The summed E-state index contributed by atoms with van der Waals surface area (Å²) < 4.78 is 0. The predicted octanol–water partition coefficient (Wildman–Crippen LogP) is 3.13. The van der Waals surface area contributed by atoms with E-state index in [0.717, 1.165) is 52.2 Å². The zero-order valence-corrected chi connectivity index (χ0v) is 14.8. The van der Waals surface area contributed by atoms with Gasteiger partial charge in [0.15, 0.2) is 0 Å². The fourth-order valence-corrected chi connectivity index (χ4v) is 3.99. The van der Waals surface area contributed by atoms with Gasteiger partial charge in [0.25, 0.3) is 5.91 Å². The van der Waals surface area contributed by atoms with E-state index in [-0.39, 0.29) is 5.91 Å². The number of hydrogen-bond acceptors (Lipinski definition) is 5. The van der Waals surface area contributed by atoms with Crippen molar-refractivity contribution in [1.29, 1.82) is 0 Å². The molecule has 2 aromatic heterocycles. The number of nitrogens with one attached hydrogen (secondary N) is 1. The summed E-state index contributed by atoms with van der Waals surface area (Å²) in [7, 11) is 1.91. The first-order valence-electron chi connectivity index (χ1n) is 7.87. The molecule has 1 aliphatic rings. The highest BCUT2D eigenvalue weighted by Crippen LogP contribution is 2.30. The number of hydrogen-bond donors (Lipinski definition) is 1. The van der Waals surface area contributed by atoms with Crippen LogP contribution in [0.4, 0.5) is 5.69 Å². The fourth-order valence-electron chi connectivity index (χ4n) is 3.11. The minimum Gasteiger partial charge on any atom is -0.388 e. The number of thiazole rings is 1. The van der Waals surface area contributed by atoms with Crippen LogP contribution in [0.2, 0.25) is 0 Å². The highest BCUT2D eigenvalue weighted by Gasteiger charge is 2.30. The van der Waals surface area contributed by atoms with E-state index in [1.165, 1.54) is 11.3 Å². The molecule has 2 aromatic rings. The molecule has 3 heterocycles. The summed E-state index contributed by atoms with van der Waals surface area (Å²) in [5.41, 5.74) is 3.99. The highest BCUT2D eigenvalue weighted by atomic mass is 32.1. The average molecular weight is 330 g/mol. The molecule has 0 aliphatic carbocycles. The molecule has 1 saturated heterocycles. The lowest BCUT2D eigenvalue weighted by molar-refractivity contribution is 0.0794. The van der Waals surface area contributed by atoms with Crippen LogP contribution >= 0.6 is 11.3 Å². The van der Waals surface area contributed by atoms with Gasteiger partial charge in [-0.2, -0.15) is 0 Å². The summed E-state index contributed by atoms with van der Waals surface area (Å²) in [5.74, 6) is 0.414. The smallest absolute Gasteiger partial charge is 0.265 e. The Hall–Kier alpha value is -1.95. The van der Waals surface area contributed by atoms with Crippen LogP contribution in [-0.4, -0.2) is 40.9 Å². The molecule has 0 spiro atoms. The lowest BCUT2D eigenvalue weighted by Gasteiger charge is -2.16. The van der Waals surface area contributed by atoms with Gasteiger partial charge in [0, 0.05) is 43.1 Å². The number of nitrogens with zero attached hydrogens (tertiary/aromatic N) is 3. The first kappa shape index (κ1) is 15.9. The fraction of sp³-hybridized carbons (Fsp3) is 0.471. The van der Waals surface area contributed by atoms with Crippen LogP contribution < -0.4 is 5.32 Å². The largest absolute Gasteiger partial charge is 0.388 e. The number of anilines is 1. The first-order chi connectivity index (χ1) is 11.0. The van der Waals surface area contributed by atoms with Crippen molar-refractivity contribution < 1.29 is 4.79 Å². The Morgan fingerprint density at radius 2 is 2.09 bits per heavy atom. The molecule has 23 heavy (non-hydrogen) atoms. The van der Waals surface area contributed by atoms with E-state index in [2.05, 4.69) is 21.4 Å². The van der Waals surface area contributed by atoms with Gasteiger partial charge in [-0.15, -0.1) is 11.3 Å². The molecule has 3 rings (SSSR count). The number of carbonyl (C=O) groups is 1. The molecule has 1 aliphatic heterocycles. The predicted molar refractivity (Wildman–Crippen MR) is 93.4 cm³/mol. The molecule has 6 heteroatoms. The zero-order chi connectivity index (χ0) is 16.6. The van der Waals surface area contributed by atoms with Crippen LogP contribution in [-0.2, 0) is 0 Å². The van der Waals surface area contributed by atoms with Crippen LogP contribution in [0.25, 0.3) is 0 Å². The van der Waals surface area contributed by atoms with Crippen molar-refractivity contribution in [3.8, 4) is 0 Å². The summed E-state index contributed by atoms with van der Waals surface area (Å²) in [6.45, 7) is 7.37. The van der Waals surface area contributed by atoms with Gasteiger partial charge in [-0.05, 0) is 39.3 Å². The van der Waals surface area contributed by atoms with Crippen molar-refractivity contribution in [3.63, 3.8) is 0 Å². The van der Waals surface area contributed by atoms with Crippen molar-refractivity contribution in [2.45, 2.75) is 33.1 Å². The normalized spacial score (nSPS) is 17.6. The third-order valence-electron chi connectivity index (χ3n) is 4.25. The van der Waals surface area contributed by atoms with Gasteiger partial charge >= 0.3 is 0 Å². The van der Waals surface area contributed by atoms with Gasteiger partial charge in [0.2, 0.25) is 0 Å². The molecule has 1 atom stereocenters. The third-order valence-corrected chi connectivity index (χ3v) is 5.31. The highest BCUT2D eigenvalue weighted by molar-refractivity contribution is 7.13. The second kappa shape index (κ2) is 6.28. The standard InChI is InChI=1S/C17H22N4OS/c1-10-7-14(18-4)8-15(19-10)13-5-6-21(9-13)17(22)16-11(2)20-12(3)23-16/h7-8,13H,5-6,9H2,1-4H3,(H,18,19). The van der Waals surface area contributed by atoms with Gasteiger partial charge in [0.1, 0.15) is 4.88 Å². The van der Waals surface area contributed by atoms with Crippen molar-refractivity contribution in [3.05, 3.63) is 39.1 Å². The number of amides is 1. The second-order valence-corrected chi connectivity index (χ2v) is 7.26. The number of rotatable bonds is 3. The Labute approximate surface area is 140 Å². The molecule has 0 saturated carbocycles. The topological polar surface area (TPSA) is 58.1 Å². The molecular formula is C17H22N4OS. The first-order valence-corrected chi connectivity index (χ1v) is 8.69. The molecule has 0 aromatic carbocycles. The van der Waals surface area contributed by atoms with E-state index >= 15 is 0 Å². The van der Waals surface area contributed by atoms with Crippen molar-refractivity contribution in [2.24, 2.45) is 0 Å². The molecule has 1 amide bonds. The Morgan fingerprint density at radius 1 is 1.30 bits per heavy atom. The summed E-state index contributed by atoms with van der Waals surface area (Å²) in [6.07, 6.45) is 0.960. The summed E-state index contributed by atoms with van der Waals surface area (Å²) in [5, 5.41) is 4.12. The van der Waals surface area contributed by atoms with Crippen LogP contribution in [0, 0.1) is 20.8 Å². The van der Waals surface area contributed by atoms with Crippen molar-refractivity contribution in [1.82, 2.24) is 14.9 Å². The molecule has 1 fully saturated rings. The minimum absolute atomic E-state index is 0.108. The van der Waals surface area contributed by atoms with Gasteiger partial charge < -0.3 is 10.2 Å². The van der Waals surface area contributed by atoms with Crippen LogP contribution in [0.5, 0.6) is 0 Å². The van der Waals surface area contributed by atoms with Crippen molar-refractivity contribution >= 4 is 22.9 Å². The van der Waals surface area contributed by atoms with E-state index in [1.54, 1.807) is 0 Å². The number of carbonyl (C=O) groups excluding carboxylic acids is 1. The third kappa shape index (κ3) is 3.22. The SMILES string of the molecule is CNc1cc(C)nc(C2CCN(C(=O)c3sc(C)nc3C)C2)c1. The van der Waals surface area contributed by atoms with Gasteiger partial charge in [0.05, 0.1) is 10.7 Å². The monoisotopic (exact) mass is 330 g/mol. The molecular weight excluding hydrogens is 308 g/mol. The van der Waals surface area contributed by atoms with Crippen LogP contribution in [0.3, 0.4) is 0 Å². The van der Waals surface area contributed by atoms with Gasteiger partial charge in [-0.1, -0.05) is 0 Å². The maximum absolute atomic E-state index is 12.7. The molecule has 1 unspecified atom stereocenters. The van der Waals surface area contributed by atoms with E-state index in [4.69, 9.17) is 0 Å². The van der Waals surface area contributed by atoms with E-state index in [9.17, 15) is 4.79 Å². The summed E-state index contributed by atoms with van der Waals surface area (Å²) >= 11 is 1.49. The lowest BCUT2D eigenvalue weighted by Crippen LogP contribution is -2.28. The molecule has 0 bridgehead atoms. The molecule has 122 valence electrons. The molecule has 0 radical (unpaired) electrons. The Balaban J connectivity index is 1.77. The minimum atomic E-state index is 0.108. The van der Waals surface area contributed by atoms with Crippen LogP contribution in [0.15, 0.2) is 12.1 Å². The van der Waals surface area contributed by atoms with Crippen molar-refractivity contribution in [2.75, 3.05) is 25.5 Å². The number of pyridine rings is 1. The van der Waals surface area contributed by atoms with Gasteiger partial charge in [-0.3, -0.25) is 9.78 Å². The average Bonchev–Trinajstić information content (AvgIpc) is 3.12. The lowest BCUT2D eigenvalue weighted by atomic mass is 10.0. The molecule has 1 N–H and O–H groups in total. The molecule has 5 nitrogen and oxygen atoms in total. The zero-order valence-electron chi connectivity index (χ0n) is 14.0. The Bertz CT molecular complexity index is 740. The van der Waals surface area contributed by atoms with Crippen LogP contribution in [0.1, 0.15) is 44.1 Å². The number of aromatic nitrogens is 2.